The van der Waals surface area contributed by atoms with Gasteiger partial charge in [-0.3, -0.25) is 9.52 Å². The summed E-state index contributed by atoms with van der Waals surface area (Å²) in [4.78, 5) is 24.9. The molecule has 3 saturated heterocycles. The van der Waals surface area contributed by atoms with E-state index in [2.05, 4.69) is 32.2 Å². The Morgan fingerprint density at radius 3 is 2.58 bits per heavy atom. The summed E-state index contributed by atoms with van der Waals surface area (Å²) in [5.74, 6) is 1.44. The zero-order valence-electron chi connectivity index (χ0n) is 22.2. The summed E-state index contributed by atoms with van der Waals surface area (Å²) >= 11 is 2.12. The summed E-state index contributed by atoms with van der Waals surface area (Å²) in [6.07, 6.45) is 4.09. The zero-order valence-corrected chi connectivity index (χ0v) is 25.2. The number of halogens is 1. The second-order valence-corrected chi connectivity index (χ2v) is 13.9. The molecule has 6 rings (SSSR count). The third-order valence-electron chi connectivity index (χ3n) is 7.86. The molecule has 12 nitrogen and oxygen atoms in total. The number of piperidine rings is 1. The molecule has 0 spiro atoms. The number of β-amino-alcohol motifs (C(OH)–C–C–N with tert-alkyl or cyclic N) is 1. The number of aromatic nitrogens is 3. The zero-order chi connectivity index (χ0) is 28.2. The van der Waals surface area contributed by atoms with Crippen LogP contribution < -0.4 is 20.3 Å². The number of carbonyl (C=O) groups is 1. The number of nitrogens with two attached hydrogens (primary N) is 1. The minimum absolute atomic E-state index is 0.241. The van der Waals surface area contributed by atoms with Crippen molar-refractivity contribution in [2.45, 2.75) is 43.9 Å². The van der Waals surface area contributed by atoms with E-state index in [0.29, 0.717) is 30.8 Å². The van der Waals surface area contributed by atoms with E-state index in [0.717, 1.165) is 65.9 Å². The van der Waals surface area contributed by atoms with Gasteiger partial charge in [0.15, 0.2) is 5.65 Å². The number of benzene rings is 1. The van der Waals surface area contributed by atoms with Gasteiger partial charge in [0.05, 0.1) is 35.3 Å². The van der Waals surface area contributed by atoms with Crippen molar-refractivity contribution in [3.8, 4) is 0 Å². The van der Waals surface area contributed by atoms with Crippen LogP contribution in [-0.4, -0.2) is 90.1 Å². The number of nitrogens with one attached hydrogen (secondary N) is 1. The smallest absolute Gasteiger partial charge is 0.256 e. The number of likely N-dealkylation sites (tertiary alicyclic amines) is 1. The number of amides is 1. The van der Waals surface area contributed by atoms with Gasteiger partial charge in [0, 0.05) is 54.5 Å². The summed E-state index contributed by atoms with van der Waals surface area (Å²) in [7, 11) is -3.57. The van der Waals surface area contributed by atoms with Crippen LogP contribution in [0.5, 0.6) is 0 Å². The molecule has 0 radical (unpaired) electrons. The van der Waals surface area contributed by atoms with Crippen molar-refractivity contribution in [2.75, 3.05) is 53.5 Å². The Balaban J connectivity index is 1.39. The standard InChI is InChI=1S/C26H33IN8O4S/c1-40(38,39)31-19-7-6-16(27)11-17(19)26(37)34-10-3-2-5-21(34)20-12-24-29-23(32-8-4-9-32)13-25(35(24)30-20)33-14-18(28)22(36)15-33/h6-7,11-13,18,21-22,31,36H,2-5,8-10,14-15,28H2,1H3/t18-,21+,22-/m1/s1. The third kappa shape index (κ3) is 5.33. The Bertz CT molecular complexity index is 1550. The SMILES string of the molecule is CS(=O)(=O)Nc1ccc(I)cc1C(=O)N1CCCC[C@H]1c1cc2nc(N3CCC3)cc(N3C[C@@H](N)[C@H](O)C3)n2n1. The van der Waals surface area contributed by atoms with Gasteiger partial charge in [0.2, 0.25) is 10.0 Å². The van der Waals surface area contributed by atoms with E-state index in [1.165, 1.54) is 0 Å². The molecule has 4 N–H and O–H groups in total. The number of nitrogens with zero attached hydrogens (tertiary/aromatic N) is 6. The number of carbonyl (C=O) groups excluding carboxylic acids is 1. The van der Waals surface area contributed by atoms with E-state index in [4.69, 9.17) is 15.8 Å². The minimum Gasteiger partial charge on any atom is -0.390 e. The van der Waals surface area contributed by atoms with Crippen LogP contribution >= 0.6 is 22.6 Å². The first-order valence-electron chi connectivity index (χ1n) is 13.5. The molecule has 3 aliphatic heterocycles. The minimum atomic E-state index is -3.57. The van der Waals surface area contributed by atoms with Crippen molar-refractivity contribution in [1.82, 2.24) is 19.5 Å². The summed E-state index contributed by atoms with van der Waals surface area (Å²) in [6.45, 7) is 3.33. The molecule has 0 unspecified atom stereocenters. The third-order valence-corrected chi connectivity index (χ3v) is 9.12. The van der Waals surface area contributed by atoms with E-state index in [-0.39, 0.29) is 23.7 Å². The summed E-state index contributed by atoms with van der Waals surface area (Å²) in [5, 5.41) is 15.3. The van der Waals surface area contributed by atoms with Gasteiger partial charge < -0.3 is 25.5 Å². The Labute approximate surface area is 246 Å². The van der Waals surface area contributed by atoms with Crippen LogP contribution in [0.3, 0.4) is 0 Å². The average molecular weight is 681 g/mol. The van der Waals surface area contributed by atoms with Gasteiger partial charge in [-0.25, -0.2) is 13.4 Å². The molecule has 40 heavy (non-hydrogen) atoms. The van der Waals surface area contributed by atoms with Crippen LogP contribution in [0.25, 0.3) is 5.65 Å². The number of aliphatic hydroxyl groups is 1. The molecule has 0 aliphatic carbocycles. The van der Waals surface area contributed by atoms with E-state index < -0.39 is 16.1 Å². The van der Waals surface area contributed by atoms with Gasteiger partial charge in [-0.15, -0.1) is 0 Å². The molecule has 0 saturated carbocycles. The largest absolute Gasteiger partial charge is 0.390 e. The highest BCUT2D eigenvalue weighted by atomic mass is 127. The molecule has 14 heteroatoms. The number of aliphatic hydroxyl groups excluding tert-OH is 1. The molecule has 3 atom stereocenters. The first kappa shape index (κ1) is 27.5. The molecule has 2 aromatic heterocycles. The van der Waals surface area contributed by atoms with Gasteiger partial charge in [0.1, 0.15) is 11.6 Å². The lowest BCUT2D eigenvalue weighted by Crippen LogP contribution is -2.39. The van der Waals surface area contributed by atoms with Crippen LogP contribution in [0.2, 0.25) is 0 Å². The lowest BCUT2D eigenvalue weighted by molar-refractivity contribution is 0.0606. The number of hydrogen-bond donors (Lipinski definition) is 3. The van der Waals surface area contributed by atoms with Crippen molar-refractivity contribution in [2.24, 2.45) is 5.73 Å². The predicted octanol–water partition coefficient (Wildman–Crippen LogP) is 1.79. The van der Waals surface area contributed by atoms with Crippen LogP contribution in [0.15, 0.2) is 30.3 Å². The Hall–Kier alpha value is -2.69. The van der Waals surface area contributed by atoms with Crippen LogP contribution in [0, 0.1) is 3.57 Å². The van der Waals surface area contributed by atoms with E-state index in [1.54, 1.807) is 27.6 Å². The second-order valence-electron chi connectivity index (χ2n) is 10.9. The number of hydrogen-bond acceptors (Lipinski definition) is 9. The normalized spacial score (nSPS) is 23.5. The molecule has 1 amide bonds. The monoisotopic (exact) mass is 680 g/mol. The fourth-order valence-electron chi connectivity index (χ4n) is 5.68. The van der Waals surface area contributed by atoms with Crippen molar-refractivity contribution in [3.05, 3.63) is 45.2 Å². The van der Waals surface area contributed by atoms with Gasteiger partial charge in [-0.1, -0.05) is 0 Å². The highest BCUT2D eigenvalue weighted by Gasteiger charge is 2.34. The van der Waals surface area contributed by atoms with Crippen molar-refractivity contribution in [1.29, 1.82) is 0 Å². The number of fused-ring (bicyclic) bond motifs is 1. The second kappa shape index (κ2) is 10.6. The summed E-state index contributed by atoms with van der Waals surface area (Å²) < 4.78 is 29.2. The Morgan fingerprint density at radius 1 is 1.10 bits per heavy atom. The van der Waals surface area contributed by atoms with Gasteiger partial charge >= 0.3 is 0 Å². The first-order chi connectivity index (χ1) is 19.1. The average Bonchev–Trinajstić information content (AvgIpc) is 3.45. The fraction of sp³-hybridized carbons (Fsp3) is 0.500. The highest BCUT2D eigenvalue weighted by molar-refractivity contribution is 14.1. The van der Waals surface area contributed by atoms with Crippen molar-refractivity contribution >= 4 is 61.5 Å². The van der Waals surface area contributed by atoms with E-state index >= 15 is 0 Å². The molecule has 3 aromatic rings. The van der Waals surface area contributed by atoms with Gasteiger partial charge in [0.25, 0.3) is 5.91 Å². The summed E-state index contributed by atoms with van der Waals surface area (Å²) in [6, 6.07) is 8.42. The maximum atomic E-state index is 14.0. The first-order valence-corrected chi connectivity index (χ1v) is 16.5. The lowest BCUT2D eigenvalue weighted by Gasteiger charge is -2.35. The van der Waals surface area contributed by atoms with Crippen molar-refractivity contribution < 1.29 is 18.3 Å². The number of sulfonamides is 1. The molecule has 5 heterocycles. The quantitative estimate of drug-likeness (QED) is 0.332. The maximum Gasteiger partial charge on any atom is 0.256 e. The summed E-state index contributed by atoms with van der Waals surface area (Å²) in [5.41, 5.74) is 8.12. The van der Waals surface area contributed by atoms with Gasteiger partial charge in [-0.2, -0.15) is 9.61 Å². The Morgan fingerprint density at radius 2 is 1.90 bits per heavy atom. The molecule has 214 valence electrons. The van der Waals surface area contributed by atoms with Crippen LogP contribution in [0.4, 0.5) is 17.3 Å². The lowest BCUT2D eigenvalue weighted by atomic mass is 9.98. The molecule has 0 bridgehead atoms. The highest BCUT2D eigenvalue weighted by Crippen LogP contribution is 2.35. The number of anilines is 3. The molecular formula is C26H33IN8O4S. The van der Waals surface area contributed by atoms with Gasteiger partial charge in [-0.05, 0) is 66.5 Å². The number of rotatable bonds is 6. The molecule has 3 aliphatic rings. The van der Waals surface area contributed by atoms with Crippen molar-refractivity contribution in [3.63, 3.8) is 0 Å². The molecule has 3 fully saturated rings. The Kier molecular flexibility index (Phi) is 7.29. The fourth-order valence-corrected chi connectivity index (χ4v) is 6.75. The van der Waals surface area contributed by atoms with E-state index in [1.807, 2.05) is 17.0 Å². The molecule has 1 aromatic carbocycles. The molecular weight excluding hydrogens is 647 g/mol. The van der Waals surface area contributed by atoms with Crippen LogP contribution in [-0.2, 0) is 10.0 Å². The predicted molar refractivity (Wildman–Crippen MR) is 161 cm³/mol. The topological polar surface area (TPSA) is 149 Å². The maximum absolute atomic E-state index is 14.0. The van der Waals surface area contributed by atoms with E-state index in [9.17, 15) is 18.3 Å². The van der Waals surface area contributed by atoms with Crippen LogP contribution in [0.1, 0.15) is 47.8 Å².